The second-order valence-corrected chi connectivity index (χ2v) is 8.82. The smallest absolute Gasteiger partial charge is 0.232 e. The minimum atomic E-state index is 0.514. The van der Waals surface area contributed by atoms with Crippen molar-refractivity contribution in [2.75, 3.05) is 31.2 Å². The minimum Gasteiger partial charge on any atom is -0.444 e. The number of rotatable bonds is 6. The van der Waals surface area contributed by atoms with Crippen LogP contribution in [-0.2, 0) is 10.5 Å². The van der Waals surface area contributed by atoms with Gasteiger partial charge in [-0.3, -0.25) is 4.57 Å². The molecule has 1 saturated heterocycles. The van der Waals surface area contributed by atoms with E-state index in [1.54, 1.807) is 18.0 Å². The van der Waals surface area contributed by atoms with E-state index in [1.165, 1.54) is 5.56 Å². The Morgan fingerprint density at radius 2 is 1.91 bits per heavy atom. The van der Waals surface area contributed by atoms with Crippen LogP contribution in [0.15, 0.2) is 64.4 Å². The standard InChI is InChI=1S/C23H22ClN5O2S/c1-16-5-4-6-18(13-16)29-22(28-9-11-30-12-10-28)26-27-23(29)32-15-17-14-31-21(25-17)19-7-2-3-8-20(19)24/h2-8,13-14H,9-12,15H2,1H3. The molecular weight excluding hydrogens is 446 g/mol. The number of oxazole rings is 1. The van der Waals surface area contributed by atoms with E-state index in [4.69, 9.17) is 20.8 Å². The van der Waals surface area contributed by atoms with Crippen LogP contribution in [0, 0.1) is 6.92 Å². The molecule has 0 N–H and O–H groups in total. The van der Waals surface area contributed by atoms with E-state index in [-0.39, 0.29) is 0 Å². The Balaban J connectivity index is 1.41. The van der Waals surface area contributed by atoms with Crippen molar-refractivity contribution in [3.8, 4) is 17.1 Å². The third-order valence-electron chi connectivity index (χ3n) is 5.18. The minimum absolute atomic E-state index is 0.514. The highest BCUT2D eigenvalue weighted by Gasteiger charge is 2.22. The largest absolute Gasteiger partial charge is 0.444 e. The van der Waals surface area contributed by atoms with Gasteiger partial charge >= 0.3 is 0 Å². The zero-order chi connectivity index (χ0) is 21.9. The zero-order valence-electron chi connectivity index (χ0n) is 17.6. The summed E-state index contributed by atoms with van der Waals surface area (Å²) in [6.07, 6.45) is 1.67. The van der Waals surface area contributed by atoms with Crippen LogP contribution in [0.5, 0.6) is 0 Å². The summed E-state index contributed by atoms with van der Waals surface area (Å²) in [4.78, 5) is 6.83. The molecule has 4 aromatic rings. The number of benzene rings is 2. The van der Waals surface area contributed by atoms with Gasteiger partial charge < -0.3 is 14.1 Å². The maximum atomic E-state index is 6.28. The summed E-state index contributed by atoms with van der Waals surface area (Å²) in [5.74, 6) is 1.94. The van der Waals surface area contributed by atoms with Crippen molar-refractivity contribution in [3.63, 3.8) is 0 Å². The Hall–Kier alpha value is -2.81. The Morgan fingerprint density at radius 3 is 2.72 bits per heavy atom. The van der Waals surface area contributed by atoms with Crippen molar-refractivity contribution >= 4 is 29.3 Å². The van der Waals surface area contributed by atoms with Gasteiger partial charge in [-0.1, -0.05) is 47.6 Å². The first-order valence-electron chi connectivity index (χ1n) is 10.4. The second-order valence-electron chi connectivity index (χ2n) is 7.47. The third kappa shape index (κ3) is 4.39. The monoisotopic (exact) mass is 467 g/mol. The van der Waals surface area contributed by atoms with Crippen molar-refractivity contribution in [3.05, 3.63) is 71.1 Å². The fraction of sp³-hybridized carbons (Fsp3) is 0.261. The summed E-state index contributed by atoms with van der Waals surface area (Å²) in [7, 11) is 0. The summed E-state index contributed by atoms with van der Waals surface area (Å²) in [6, 6.07) is 15.9. The predicted molar refractivity (Wildman–Crippen MR) is 126 cm³/mol. The van der Waals surface area contributed by atoms with Crippen molar-refractivity contribution in [2.45, 2.75) is 17.8 Å². The number of halogens is 1. The number of nitrogens with zero attached hydrogens (tertiary/aromatic N) is 5. The highest BCUT2D eigenvalue weighted by Crippen LogP contribution is 2.31. The number of ether oxygens (including phenoxy) is 1. The molecule has 1 fully saturated rings. The molecule has 1 aliphatic rings. The van der Waals surface area contributed by atoms with Crippen LogP contribution in [-0.4, -0.2) is 46.1 Å². The molecule has 0 amide bonds. The Kier molecular flexibility index (Phi) is 6.16. The van der Waals surface area contributed by atoms with E-state index in [2.05, 4.69) is 55.8 Å². The fourth-order valence-electron chi connectivity index (χ4n) is 3.59. The second kappa shape index (κ2) is 9.36. The first-order chi connectivity index (χ1) is 15.7. The maximum absolute atomic E-state index is 6.28. The molecule has 0 atom stereocenters. The van der Waals surface area contributed by atoms with Crippen molar-refractivity contribution in [2.24, 2.45) is 0 Å². The first kappa shape index (κ1) is 21.1. The highest BCUT2D eigenvalue weighted by molar-refractivity contribution is 7.98. The Labute approximate surface area is 195 Å². The number of morpholine rings is 1. The summed E-state index contributed by atoms with van der Waals surface area (Å²) >= 11 is 7.85. The molecule has 3 heterocycles. The van der Waals surface area contributed by atoms with Gasteiger partial charge in [0.25, 0.3) is 0 Å². The van der Waals surface area contributed by atoms with Gasteiger partial charge in [0.15, 0.2) is 5.16 Å². The lowest BCUT2D eigenvalue weighted by molar-refractivity contribution is 0.122. The Morgan fingerprint density at radius 1 is 1.06 bits per heavy atom. The topological polar surface area (TPSA) is 69.2 Å². The van der Waals surface area contributed by atoms with Crippen LogP contribution in [0.2, 0.25) is 5.02 Å². The van der Waals surface area contributed by atoms with Crippen molar-refractivity contribution in [1.82, 2.24) is 19.7 Å². The average molecular weight is 468 g/mol. The van der Waals surface area contributed by atoms with Crippen LogP contribution >= 0.6 is 23.4 Å². The maximum Gasteiger partial charge on any atom is 0.232 e. The van der Waals surface area contributed by atoms with E-state index in [0.29, 0.717) is 29.9 Å². The molecule has 0 aliphatic carbocycles. The van der Waals surface area contributed by atoms with E-state index >= 15 is 0 Å². The van der Waals surface area contributed by atoms with Crippen LogP contribution in [0.4, 0.5) is 5.95 Å². The molecule has 9 heteroatoms. The number of hydrogen-bond donors (Lipinski definition) is 0. The average Bonchev–Trinajstić information content (AvgIpc) is 3.46. The number of hydrogen-bond acceptors (Lipinski definition) is 7. The molecule has 0 bridgehead atoms. The lowest BCUT2D eigenvalue weighted by Gasteiger charge is -2.28. The van der Waals surface area contributed by atoms with Crippen LogP contribution < -0.4 is 4.90 Å². The van der Waals surface area contributed by atoms with Crippen molar-refractivity contribution < 1.29 is 9.15 Å². The lowest BCUT2D eigenvalue weighted by Crippen LogP contribution is -2.37. The SMILES string of the molecule is Cc1cccc(-n2c(SCc3coc(-c4ccccc4Cl)n3)nnc2N2CCOCC2)c1. The van der Waals surface area contributed by atoms with Crippen LogP contribution in [0.3, 0.4) is 0 Å². The predicted octanol–water partition coefficient (Wildman–Crippen LogP) is 5.01. The van der Waals surface area contributed by atoms with Gasteiger partial charge in [-0.15, -0.1) is 10.2 Å². The lowest BCUT2D eigenvalue weighted by atomic mass is 10.2. The van der Waals surface area contributed by atoms with E-state index < -0.39 is 0 Å². The van der Waals surface area contributed by atoms with Gasteiger partial charge in [0.05, 0.1) is 35.2 Å². The Bertz CT molecular complexity index is 1220. The third-order valence-corrected chi connectivity index (χ3v) is 6.47. The molecule has 5 rings (SSSR count). The number of aryl methyl sites for hydroxylation is 1. The number of aromatic nitrogens is 4. The molecule has 2 aromatic carbocycles. The summed E-state index contributed by atoms with van der Waals surface area (Å²) in [5.41, 5.74) is 3.82. The molecular formula is C23H22ClN5O2S. The van der Waals surface area contributed by atoms with Crippen molar-refractivity contribution in [1.29, 1.82) is 0 Å². The van der Waals surface area contributed by atoms with Gasteiger partial charge in [-0.25, -0.2) is 4.98 Å². The van der Waals surface area contributed by atoms with Crippen LogP contribution in [0.1, 0.15) is 11.3 Å². The fourth-order valence-corrected chi connectivity index (χ4v) is 4.63. The molecule has 0 unspecified atom stereocenters. The van der Waals surface area contributed by atoms with Gasteiger partial charge in [-0.05, 0) is 36.8 Å². The van der Waals surface area contributed by atoms with Gasteiger partial charge in [0.1, 0.15) is 6.26 Å². The molecule has 164 valence electrons. The van der Waals surface area contributed by atoms with E-state index in [1.807, 2.05) is 24.3 Å². The van der Waals surface area contributed by atoms with E-state index in [0.717, 1.165) is 41.1 Å². The summed E-state index contributed by atoms with van der Waals surface area (Å²) in [5, 5.41) is 10.4. The normalized spacial score (nSPS) is 14.1. The summed E-state index contributed by atoms with van der Waals surface area (Å²) in [6.45, 7) is 5.04. The van der Waals surface area contributed by atoms with Crippen LogP contribution in [0.25, 0.3) is 17.1 Å². The van der Waals surface area contributed by atoms with E-state index in [9.17, 15) is 0 Å². The quantitative estimate of drug-likeness (QED) is 0.369. The molecule has 0 radical (unpaired) electrons. The number of thioether (sulfide) groups is 1. The molecule has 0 spiro atoms. The number of anilines is 1. The highest BCUT2D eigenvalue weighted by atomic mass is 35.5. The summed E-state index contributed by atoms with van der Waals surface area (Å²) < 4.78 is 13.3. The molecule has 7 nitrogen and oxygen atoms in total. The van der Waals surface area contributed by atoms with Gasteiger partial charge in [-0.2, -0.15) is 0 Å². The molecule has 1 aliphatic heterocycles. The molecule has 32 heavy (non-hydrogen) atoms. The molecule has 0 saturated carbocycles. The zero-order valence-corrected chi connectivity index (χ0v) is 19.1. The van der Waals surface area contributed by atoms with Gasteiger partial charge in [0.2, 0.25) is 11.8 Å². The first-order valence-corrected chi connectivity index (χ1v) is 11.7. The van der Waals surface area contributed by atoms with Gasteiger partial charge in [0, 0.05) is 18.8 Å². The molecule has 2 aromatic heterocycles.